The molecule has 0 saturated heterocycles. The molecule has 0 atom stereocenters. The Morgan fingerprint density at radius 3 is 2.79 bits per heavy atom. The Kier molecular flexibility index (Phi) is 3.77. The number of fused-ring (bicyclic) bond motifs is 1. The predicted molar refractivity (Wildman–Crippen MR) is 78.8 cm³/mol. The van der Waals surface area contributed by atoms with E-state index in [2.05, 4.69) is 34.4 Å². The SMILES string of the molecule is c1ccc(NNCc2ccc3c(c2)CCNC3)cc1. The van der Waals surface area contributed by atoms with E-state index >= 15 is 0 Å². The Bertz CT molecular complexity index is 537. The van der Waals surface area contributed by atoms with Crippen LogP contribution in [-0.2, 0) is 19.5 Å². The van der Waals surface area contributed by atoms with E-state index in [0.717, 1.165) is 31.7 Å². The van der Waals surface area contributed by atoms with Crippen molar-refractivity contribution >= 4 is 5.69 Å². The number of anilines is 1. The molecule has 0 bridgehead atoms. The van der Waals surface area contributed by atoms with Gasteiger partial charge in [0.25, 0.3) is 0 Å². The van der Waals surface area contributed by atoms with Crippen LogP contribution in [0.3, 0.4) is 0 Å². The second kappa shape index (κ2) is 5.87. The lowest BCUT2D eigenvalue weighted by atomic mass is 9.98. The third-order valence-electron chi connectivity index (χ3n) is 3.46. The van der Waals surface area contributed by atoms with Crippen molar-refractivity contribution in [1.29, 1.82) is 0 Å². The Balaban J connectivity index is 1.58. The monoisotopic (exact) mass is 253 g/mol. The van der Waals surface area contributed by atoms with Crippen LogP contribution in [-0.4, -0.2) is 6.54 Å². The lowest BCUT2D eigenvalue weighted by Gasteiger charge is -2.18. The zero-order valence-electron chi connectivity index (χ0n) is 10.9. The van der Waals surface area contributed by atoms with Crippen LogP contribution < -0.4 is 16.2 Å². The maximum absolute atomic E-state index is 3.40. The summed E-state index contributed by atoms with van der Waals surface area (Å²) >= 11 is 0. The van der Waals surface area contributed by atoms with Crippen LogP contribution in [0.25, 0.3) is 0 Å². The second-order valence-corrected chi connectivity index (χ2v) is 4.87. The molecule has 0 aromatic heterocycles. The maximum atomic E-state index is 3.40. The highest BCUT2D eigenvalue weighted by Crippen LogP contribution is 2.15. The summed E-state index contributed by atoms with van der Waals surface area (Å²) in [5, 5.41) is 3.40. The van der Waals surface area contributed by atoms with Gasteiger partial charge in [-0.25, -0.2) is 5.43 Å². The van der Waals surface area contributed by atoms with Gasteiger partial charge in [-0.2, -0.15) is 0 Å². The van der Waals surface area contributed by atoms with Crippen molar-refractivity contribution in [3.05, 3.63) is 65.2 Å². The normalized spacial score (nSPS) is 13.9. The minimum atomic E-state index is 0.829. The summed E-state index contributed by atoms with van der Waals surface area (Å²) in [4.78, 5) is 0. The average molecular weight is 253 g/mol. The Morgan fingerprint density at radius 1 is 1.00 bits per heavy atom. The lowest BCUT2D eigenvalue weighted by molar-refractivity contribution is 0.642. The van der Waals surface area contributed by atoms with Crippen molar-refractivity contribution in [3.63, 3.8) is 0 Å². The highest BCUT2D eigenvalue weighted by molar-refractivity contribution is 5.41. The minimum Gasteiger partial charge on any atom is -0.321 e. The zero-order valence-corrected chi connectivity index (χ0v) is 10.9. The molecule has 3 N–H and O–H groups in total. The molecule has 0 saturated carbocycles. The molecule has 0 fully saturated rings. The topological polar surface area (TPSA) is 36.1 Å². The fourth-order valence-electron chi connectivity index (χ4n) is 2.41. The number of hydrogen-bond donors (Lipinski definition) is 3. The molecule has 0 aliphatic carbocycles. The number of para-hydroxylation sites is 1. The average Bonchev–Trinajstić information content (AvgIpc) is 2.48. The Labute approximate surface area is 114 Å². The van der Waals surface area contributed by atoms with Gasteiger partial charge in [-0.05, 0) is 41.8 Å². The third-order valence-corrected chi connectivity index (χ3v) is 3.46. The van der Waals surface area contributed by atoms with Gasteiger partial charge in [0, 0.05) is 18.8 Å². The van der Waals surface area contributed by atoms with Gasteiger partial charge < -0.3 is 10.7 Å². The summed E-state index contributed by atoms with van der Waals surface area (Å²) in [6.07, 6.45) is 1.13. The standard InChI is InChI=1S/C16H19N3/c1-2-4-16(5-3-1)19-18-11-13-6-7-15-12-17-9-8-14(15)10-13/h1-7,10,17-19H,8-9,11-12H2. The third kappa shape index (κ3) is 3.13. The molecule has 0 spiro atoms. The second-order valence-electron chi connectivity index (χ2n) is 4.87. The van der Waals surface area contributed by atoms with Gasteiger partial charge in [0.1, 0.15) is 0 Å². The summed E-state index contributed by atoms with van der Waals surface area (Å²) in [6, 6.07) is 16.9. The van der Waals surface area contributed by atoms with E-state index in [1.165, 1.54) is 16.7 Å². The molecule has 3 rings (SSSR count). The van der Waals surface area contributed by atoms with Crippen molar-refractivity contribution in [2.45, 2.75) is 19.5 Å². The molecule has 19 heavy (non-hydrogen) atoms. The van der Waals surface area contributed by atoms with Gasteiger partial charge in [-0.3, -0.25) is 0 Å². The van der Waals surface area contributed by atoms with E-state index in [1.54, 1.807) is 0 Å². The van der Waals surface area contributed by atoms with Crippen LogP contribution in [0.5, 0.6) is 0 Å². The van der Waals surface area contributed by atoms with Crippen LogP contribution in [0.2, 0.25) is 0 Å². The fourth-order valence-corrected chi connectivity index (χ4v) is 2.41. The van der Waals surface area contributed by atoms with E-state index in [9.17, 15) is 0 Å². The number of nitrogens with one attached hydrogen (secondary N) is 3. The van der Waals surface area contributed by atoms with Gasteiger partial charge in [0.05, 0.1) is 0 Å². The summed E-state index contributed by atoms with van der Waals surface area (Å²) in [5.41, 5.74) is 11.8. The van der Waals surface area contributed by atoms with Crippen LogP contribution in [0.1, 0.15) is 16.7 Å². The molecule has 0 unspecified atom stereocenters. The first-order valence-corrected chi connectivity index (χ1v) is 6.77. The summed E-state index contributed by atoms with van der Waals surface area (Å²) < 4.78 is 0. The molecule has 1 aliphatic rings. The molecule has 2 aromatic rings. The van der Waals surface area contributed by atoms with Crippen molar-refractivity contribution in [1.82, 2.24) is 10.7 Å². The number of hydrazine groups is 1. The van der Waals surface area contributed by atoms with Gasteiger partial charge >= 0.3 is 0 Å². The van der Waals surface area contributed by atoms with Crippen molar-refractivity contribution in [2.75, 3.05) is 12.0 Å². The molecule has 3 nitrogen and oxygen atoms in total. The molecular weight excluding hydrogens is 234 g/mol. The molecule has 0 amide bonds. The first-order valence-electron chi connectivity index (χ1n) is 6.77. The largest absolute Gasteiger partial charge is 0.321 e. The van der Waals surface area contributed by atoms with Crippen LogP contribution >= 0.6 is 0 Å². The zero-order chi connectivity index (χ0) is 12.9. The maximum Gasteiger partial charge on any atom is 0.0487 e. The van der Waals surface area contributed by atoms with Gasteiger partial charge in [0.15, 0.2) is 0 Å². The van der Waals surface area contributed by atoms with Crippen molar-refractivity contribution < 1.29 is 0 Å². The highest BCUT2D eigenvalue weighted by Gasteiger charge is 2.08. The molecule has 2 aromatic carbocycles. The Morgan fingerprint density at radius 2 is 1.89 bits per heavy atom. The lowest BCUT2D eigenvalue weighted by Crippen LogP contribution is -2.24. The predicted octanol–water partition coefficient (Wildman–Crippen LogP) is 2.45. The van der Waals surface area contributed by atoms with E-state index < -0.39 is 0 Å². The van der Waals surface area contributed by atoms with Crippen LogP contribution in [0, 0.1) is 0 Å². The molecule has 1 aliphatic heterocycles. The first-order chi connectivity index (χ1) is 9.42. The summed E-state index contributed by atoms with van der Waals surface area (Å²) in [5.74, 6) is 0. The van der Waals surface area contributed by atoms with Crippen molar-refractivity contribution in [3.8, 4) is 0 Å². The minimum absolute atomic E-state index is 0.829. The van der Waals surface area contributed by atoms with Crippen LogP contribution in [0.15, 0.2) is 48.5 Å². The van der Waals surface area contributed by atoms with Crippen molar-refractivity contribution in [2.24, 2.45) is 0 Å². The Hall–Kier alpha value is -1.84. The van der Waals surface area contributed by atoms with E-state index in [1.807, 2.05) is 30.3 Å². The molecule has 98 valence electrons. The number of rotatable bonds is 4. The van der Waals surface area contributed by atoms with E-state index in [0.29, 0.717) is 0 Å². The molecule has 3 heteroatoms. The smallest absolute Gasteiger partial charge is 0.0487 e. The number of hydrogen-bond acceptors (Lipinski definition) is 3. The van der Waals surface area contributed by atoms with E-state index in [-0.39, 0.29) is 0 Å². The van der Waals surface area contributed by atoms with E-state index in [4.69, 9.17) is 0 Å². The summed E-state index contributed by atoms with van der Waals surface area (Å²) in [6.45, 7) is 2.92. The quantitative estimate of drug-likeness (QED) is 0.733. The number of benzene rings is 2. The summed E-state index contributed by atoms with van der Waals surface area (Å²) in [7, 11) is 0. The fraction of sp³-hybridized carbons (Fsp3) is 0.250. The molecule has 1 heterocycles. The first kappa shape index (κ1) is 12.2. The van der Waals surface area contributed by atoms with Gasteiger partial charge in [-0.1, -0.05) is 36.4 Å². The molecular formula is C16H19N3. The van der Waals surface area contributed by atoms with Gasteiger partial charge in [-0.15, -0.1) is 0 Å². The van der Waals surface area contributed by atoms with Crippen LogP contribution in [0.4, 0.5) is 5.69 Å². The van der Waals surface area contributed by atoms with Gasteiger partial charge in [0.2, 0.25) is 0 Å². The highest BCUT2D eigenvalue weighted by atomic mass is 15.3. The molecule has 0 radical (unpaired) electrons.